The minimum atomic E-state index is 0.110. The van der Waals surface area contributed by atoms with Crippen LogP contribution < -0.4 is 10.1 Å². The first kappa shape index (κ1) is 13.4. The highest BCUT2D eigenvalue weighted by Gasteiger charge is 2.18. The Morgan fingerprint density at radius 2 is 2.35 bits per heavy atom. The number of aromatic nitrogens is 3. The Balaban J connectivity index is 1.75. The molecule has 1 aliphatic heterocycles. The Morgan fingerprint density at radius 3 is 3.10 bits per heavy atom. The molecule has 0 aliphatic carbocycles. The summed E-state index contributed by atoms with van der Waals surface area (Å²) in [6, 6.07) is 4.06. The van der Waals surface area contributed by atoms with Crippen molar-refractivity contribution in [2.24, 2.45) is 7.05 Å². The Morgan fingerprint density at radius 1 is 1.50 bits per heavy atom. The molecule has 0 spiro atoms. The molecule has 2 heterocycles. The molecule has 3 rings (SSSR count). The van der Waals surface area contributed by atoms with Crippen molar-refractivity contribution >= 4 is 11.6 Å². The van der Waals surface area contributed by atoms with Crippen LogP contribution in [0.15, 0.2) is 18.5 Å². The molecular weight excluding hydrogens is 276 g/mol. The van der Waals surface area contributed by atoms with Gasteiger partial charge in [-0.1, -0.05) is 11.6 Å². The number of rotatable bonds is 4. The molecule has 0 saturated heterocycles. The van der Waals surface area contributed by atoms with Gasteiger partial charge >= 0.3 is 0 Å². The van der Waals surface area contributed by atoms with Crippen LogP contribution in [0, 0.1) is 0 Å². The van der Waals surface area contributed by atoms with Gasteiger partial charge in [0.15, 0.2) is 0 Å². The van der Waals surface area contributed by atoms with Gasteiger partial charge < -0.3 is 14.6 Å². The van der Waals surface area contributed by atoms with Crippen molar-refractivity contribution in [3.8, 4) is 5.75 Å². The normalized spacial score (nSPS) is 14.9. The van der Waals surface area contributed by atoms with E-state index in [1.165, 1.54) is 5.56 Å². The Kier molecular flexibility index (Phi) is 3.63. The number of hydrogen-bond acceptors (Lipinski definition) is 4. The molecule has 1 aromatic carbocycles. The maximum atomic E-state index is 6.16. The van der Waals surface area contributed by atoms with Gasteiger partial charge in [0.2, 0.25) is 0 Å². The van der Waals surface area contributed by atoms with Crippen LogP contribution >= 0.6 is 11.6 Å². The Bertz CT molecular complexity index is 626. The van der Waals surface area contributed by atoms with E-state index in [1.54, 1.807) is 6.33 Å². The van der Waals surface area contributed by atoms with E-state index in [0.29, 0.717) is 6.54 Å². The summed E-state index contributed by atoms with van der Waals surface area (Å²) in [5, 5.41) is 12.2. The highest BCUT2D eigenvalue weighted by molar-refractivity contribution is 6.30. The highest BCUT2D eigenvalue weighted by Crippen LogP contribution is 2.33. The van der Waals surface area contributed by atoms with Crippen LogP contribution in [-0.2, 0) is 20.0 Å². The van der Waals surface area contributed by atoms with Crippen LogP contribution in [0.1, 0.15) is 29.9 Å². The topological polar surface area (TPSA) is 52.0 Å². The quantitative estimate of drug-likeness (QED) is 0.939. The van der Waals surface area contributed by atoms with Crippen molar-refractivity contribution in [1.29, 1.82) is 0 Å². The third kappa shape index (κ3) is 2.51. The lowest BCUT2D eigenvalue weighted by molar-refractivity contribution is 0.351. The number of nitrogens with one attached hydrogen (secondary N) is 1. The first-order chi connectivity index (χ1) is 9.65. The summed E-state index contributed by atoms with van der Waals surface area (Å²) < 4.78 is 7.61. The molecule has 1 N–H and O–H groups in total. The lowest BCUT2D eigenvalue weighted by atomic mass is 10.1. The number of fused-ring (bicyclic) bond motifs is 1. The third-order valence-electron chi connectivity index (χ3n) is 3.56. The van der Waals surface area contributed by atoms with E-state index in [1.807, 2.05) is 23.7 Å². The predicted octanol–water partition coefficient (Wildman–Crippen LogP) is 2.25. The van der Waals surface area contributed by atoms with E-state index >= 15 is 0 Å². The number of halogens is 1. The Labute approximate surface area is 122 Å². The average molecular weight is 293 g/mol. The van der Waals surface area contributed by atoms with E-state index in [-0.39, 0.29) is 6.04 Å². The van der Waals surface area contributed by atoms with Crippen LogP contribution in [0.5, 0.6) is 5.75 Å². The average Bonchev–Trinajstić information content (AvgIpc) is 3.03. The van der Waals surface area contributed by atoms with Gasteiger partial charge in [0.1, 0.15) is 17.9 Å². The Hall–Kier alpha value is -1.59. The second kappa shape index (κ2) is 5.42. The molecule has 106 valence electrons. The molecule has 5 nitrogen and oxygen atoms in total. The molecule has 1 atom stereocenters. The number of aryl methyl sites for hydroxylation is 1. The van der Waals surface area contributed by atoms with Crippen LogP contribution in [0.4, 0.5) is 0 Å². The first-order valence-electron chi connectivity index (χ1n) is 6.66. The smallest absolute Gasteiger partial charge is 0.149 e. The second-order valence-electron chi connectivity index (χ2n) is 5.05. The highest BCUT2D eigenvalue weighted by atomic mass is 35.5. The number of ether oxygens (including phenoxy) is 1. The van der Waals surface area contributed by atoms with Gasteiger partial charge in [-0.3, -0.25) is 0 Å². The standard InChI is InChI=1S/C14H17ClN4O/c1-9(14-18-17-8-19(14)2)16-7-11-6-12(15)5-10-3-4-20-13(10)11/h5-6,8-9,16H,3-4,7H2,1-2H3. The summed E-state index contributed by atoms with van der Waals surface area (Å²) >= 11 is 6.16. The fourth-order valence-corrected chi connectivity index (χ4v) is 2.78. The van der Waals surface area contributed by atoms with Gasteiger partial charge in [0.25, 0.3) is 0 Å². The van der Waals surface area contributed by atoms with E-state index in [4.69, 9.17) is 16.3 Å². The van der Waals surface area contributed by atoms with Gasteiger partial charge in [0.05, 0.1) is 12.6 Å². The summed E-state index contributed by atoms with van der Waals surface area (Å²) in [5.41, 5.74) is 2.29. The van der Waals surface area contributed by atoms with Crippen LogP contribution in [-0.4, -0.2) is 21.4 Å². The van der Waals surface area contributed by atoms with E-state index in [2.05, 4.69) is 22.4 Å². The minimum absolute atomic E-state index is 0.110. The van der Waals surface area contributed by atoms with Crippen molar-refractivity contribution in [2.75, 3.05) is 6.61 Å². The van der Waals surface area contributed by atoms with Gasteiger partial charge in [-0.25, -0.2) is 0 Å². The largest absolute Gasteiger partial charge is 0.493 e. The van der Waals surface area contributed by atoms with Crippen molar-refractivity contribution in [3.63, 3.8) is 0 Å². The lowest BCUT2D eigenvalue weighted by Gasteiger charge is -2.15. The molecule has 2 aromatic rings. The minimum Gasteiger partial charge on any atom is -0.493 e. The number of nitrogens with zero attached hydrogens (tertiary/aromatic N) is 3. The van der Waals surface area contributed by atoms with E-state index in [9.17, 15) is 0 Å². The summed E-state index contributed by atoms with van der Waals surface area (Å²) in [6.45, 7) is 3.49. The fourth-order valence-electron chi connectivity index (χ4n) is 2.52. The zero-order valence-electron chi connectivity index (χ0n) is 11.6. The van der Waals surface area contributed by atoms with Crippen molar-refractivity contribution in [3.05, 3.63) is 40.4 Å². The van der Waals surface area contributed by atoms with Gasteiger partial charge in [-0.2, -0.15) is 0 Å². The maximum absolute atomic E-state index is 6.16. The van der Waals surface area contributed by atoms with Crippen molar-refractivity contribution in [1.82, 2.24) is 20.1 Å². The molecule has 1 aromatic heterocycles. The summed E-state index contributed by atoms with van der Waals surface area (Å²) in [4.78, 5) is 0. The summed E-state index contributed by atoms with van der Waals surface area (Å²) in [5.74, 6) is 1.89. The summed E-state index contributed by atoms with van der Waals surface area (Å²) in [7, 11) is 1.94. The molecule has 1 aliphatic rings. The van der Waals surface area contributed by atoms with Crippen LogP contribution in [0.3, 0.4) is 0 Å². The molecule has 0 amide bonds. The zero-order valence-corrected chi connectivity index (χ0v) is 12.3. The SMILES string of the molecule is CC(NCc1cc(Cl)cc2c1OCC2)c1nncn1C. The van der Waals surface area contributed by atoms with Gasteiger partial charge in [-0.15, -0.1) is 10.2 Å². The molecular formula is C14H17ClN4O. The fraction of sp³-hybridized carbons (Fsp3) is 0.429. The molecule has 0 radical (unpaired) electrons. The molecule has 0 fully saturated rings. The molecule has 0 bridgehead atoms. The maximum Gasteiger partial charge on any atom is 0.149 e. The molecule has 0 saturated carbocycles. The lowest BCUT2D eigenvalue weighted by Crippen LogP contribution is -2.21. The van der Waals surface area contributed by atoms with Gasteiger partial charge in [0, 0.05) is 30.6 Å². The third-order valence-corrected chi connectivity index (χ3v) is 3.78. The summed E-state index contributed by atoms with van der Waals surface area (Å²) in [6.07, 6.45) is 2.63. The van der Waals surface area contributed by atoms with Gasteiger partial charge in [-0.05, 0) is 24.6 Å². The van der Waals surface area contributed by atoms with Crippen LogP contribution in [0.2, 0.25) is 5.02 Å². The zero-order chi connectivity index (χ0) is 14.1. The molecule has 6 heteroatoms. The molecule has 1 unspecified atom stereocenters. The molecule has 20 heavy (non-hydrogen) atoms. The monoisotopic (exact) mass is 292 g/mol. The van der Waals surface area contributed by atoms with E-state index in [0.717, 1.165) is 35.2 Å². The second-order valence-corrected chi connectivity index (χ2v) is 5.49. The number of benzene rings is 1. The van der Waals surface area contributed by atoms with Crippen molar-refractivity contribution in [2.45, 2.75) is 25.9 Å². The van der Waals surface area contributed by atoms with Crippen molar-refractivity contribution < 1.29 is 4.74 Å². The van der Waals surface area contributed by atoms with E-state index < -0.39 is 0 Å². The van der Waals surface area contributed by atoms with Crippen LogP contribution in [0.25, 0.3) is 0 Å². The number of hydrogen-bond donors (Lipinski definition) is 1. The predicted molar refractivity (Wildman–Crippen MR) is 76.9 cm³/mol. The first-order valence-corrected chi connectivity index (χ1v) is 7.04.